The van der Waals surface area contributed by atoms with E-state index >= 15 is 0 Å². The second-order valence-electron chi connectivity index (χ2n) is 6.68. The molecular weight excluding hydrogens is 314 g/mol. The first kappa shape index (κ1) is 19.2. The number of aliphatic hydroxyl groups excluding tert-OH is 1. The fourth-order valence-electron chi connectivity index (χ4n) is 2.68. The summed E-state index contributed by atoms with van der Waals surface area (Å²) in [5.74, 6) is 0.456. The van der Waals surface area contributed by atoms with Crippen LogP contribution in [0.2, 0.25) is 0 Å². The number of ketones is 1. The topological polar surface area (TPSA) is 58.6 Å². The third kappa shape index (κ3) is 5.41. The van der Waals surface area contributed by atoms with E-state index in [4.69, 9.17) is 4.74 Å². The fraction of sp³-hybridized carbons (Fsp3) is 0.381. The highest BCUT2D eigenvalue weighted by Crippen LogP contribution is 2.27. The molecule has 134 valence electrons. The lowest BCUT2D eigenvalue weighted by Crippen LogP contribution is -2.35. The summed E-state index contributed by atoms with van der Waals surface area (Å²) in [4.78, 5) is 12.9. The first-order chi connectivity index (χ1) is 11.9. The van der Waals surface area contributed by atoms with Crippen LogP contribution in [0.3, 0.4) is 0 Å². The van der Waals surface area contributed by atoms with Crippen molar-refractivity contribution in [3.63, 3.8) is 0 Å². The van der Waals surface area contributed by atoms with Crippen LogP contribution < -0.4 is 10.1 Å². The molecular formula is C21H27NO3. The van der Waals surface area contributed by atoms with Crippen LogP contribution in [0.5, 0.6) is 5.75 Å². The van der Waals surface area contributed by atoms with E-state index in [-0.39, 0.29) is 12.4 Å². The van der Waals surface area contributed by atoms with Crippen molar-refractivity contribution < 1.29 is 14.6 Å². The number of carbonyl (C=O) groups is 1. The lowest BCUT2D eigenvalue weighted by Gasteiger charge is -2.18. The zero-order chi connectivity index (χ0) is 18.4. The third-order valence-electron chi connectivity index (χ3n) is 3.90. The van der Waals surface area contributed by atoms with Crippen molar-refractivity contribution in [1.82, 2.24) is 5.32 Å². The summed E-state index contributed by atoms with van der Waals surface area (Å²) in [6.45, 7) is 8.50. The first-order valence-corrected chi connectivity index (χ1v) is 8.63. The Morgan fingerprint density at radius 1 is 1.16 bits per heavy atom. The fourth-order valence-corrected chi connectivity index (χ4v) is 2.68. The molecule has 0 saturated heterocycles. The smallest absolute Gasteiger partial charge is 0.197 e. The summed E-state index contributed by atoms with van der Waals surface area (Å²) in [5, 5.41) is 13.2. The van der Waals surface area contributed by atoms with E-state index in [0.717, 1.165) is 11.1 Å². The van der Waals surface area contributed by atoms with Crippen LogP contribution in [0.4, 0.5) is 0 Å². The van der Waals surface area contributed by atoms with E-state index in [2.05, 4.69) is 5.32 Å². The number of ether oxygens (including phenoxy) is 1. The largest absolute Gasteiger partial charge is 0.490 e. The van der Waals surface area contributed by atoms with E-state index in [1.807, 2.05) is 58.0 Å². The third-order valence-corrected chi connectivity index (χ3v) is 3.90. The van der Waals surface area contributed by atoms with Gasteiger partial charge in [0, 0.05) is 18.2 Å². The minimum atomic E-state index is -0.636. The monoisotopic (exact) mass is 341 g/mol. The van der Waals surface area contributed by atoms with Crippen molar-refractivity contribution in [1.29, 1.82) is 0 Å². The molecule has 0 aromatic heterocycles. The number of rotatable bonds is 8. The van der Waals surface area contributed by atoms with Crippen LogP contribution in [0.25, 0.3) is 0 Å². The molecule has 0 saturated carbocycles. The molecule has 4 heteroatoms. The van der Waals surface area contributed by atoms with Crippen molar-refractivity contribution in [2.75, 3.05) is 13.2 Å². The second kappa shape index (κ2) is 8.79. The molecule has 0 amide bonds. The molecule has 2 aromatic carbocycles. The Morgan fingerprint density at radius 2 is 1.84 bits per heavy atom. The molecule has 0 bridgehead atoms. The average molecular weight is 341 g/mol. The van der Waals surface area contributed by atoms with Crippen LogP contribution in [0.1, 0.15) is 40.9 Å². The summed E-state index contributed by atoms with van der Waals surface area (Å²) in [7, 11) is 0. The summed E-state index contributed by atoms with van der Waals surface area (Å²) in [5.41, 5.74) is 3.08. The van der Waals surface area contributed by atoms with Crippen LogP contribution in [-0.2, 0) is 0 Å². The van der Waals surface area contributed by atoms with Crippen molar-refractivity contribution in [2.45, 2.75) is 39.8 Å². The maximum Gasteiger partial charge on any atom is 0.197 e. The van der Waals surface area contributed by atoms with Gasteiger partial charge in [0.2, 0.25) is 0 Å². The molecule has 0 aliphatic heterocycles. The molecule has 2 rings (SSSR count). The predicted octanol–water partition coefficient (Wildman–Crippen LogP) is 3.27. The zero-order valence-electron chi connectivity index (χ0n) is 15.4. The van der Waals surface area contributed by atoms with Crippen molar-refractivity contribution >= 4 is 5.78 Å². The molecule has 0 fully saturated rings. The van der Waals surface area contributed by atoms with E-state index in [0.29, 0.717) is 29.5 Å². The van der Waals surface area contributed by atoms with Gasteiger partial charge in [-0.2, -0.15) is 0 Å². The van der Waals surface area contributed by atoms with Gasteiger partial charge in [-0.25, -0.2) is 0 Å². The number of carbonyl (C=O) groups excluding carboxylic acids is 1. The Kier molecular flexibility index (Phi) is 6.73. The first-order valence-electron chi connectivity index (χ1n) is 8.63. The molecule has 0 spiro atoms. The summed E-state index contributed by atoms with van der Waals surface area (Å²) < 4.78 is 5.82. The molecule has 1 atom stereocenters. The molecule has 0 aliphatic carbocycles. The van der Waals surface area contributed by atoms with Gasteiger partial charge in [0.15, 0.2) is 5.78 Å². The van der Waals surface area contributed by atoms with Gasteiger partial charge < -0.3 is 15.2 Å². The molecule has 0 aliphatic rings. The second-order valence-corrected chi connectivity index (χ2v) is 6.68. The van der Waals surface area contributed by atoms with Gasteiger partial charge in [-0.1, -0.05) is 50.2 Å². The maximum atomic E-state index is 12.9. The predicted molar refractivity (Wildman–Crippen MR) is 100 cm³/mol. The highest BCUT2D eigenvalue weighted by molar-refractivity contribution is 6.11. The lowest BCUT2D eigenvalue weighted by molar-refractivity contribution is 0.0981. The van der Waals surface area contributed by atoms with Crippen LogP contribution in [0, 0.1) is 13.8 Å². The number of hydrogen-bond donors (Lipinski definition) is 2. The van der Waals surface area contributed by atoms with Gasteiger partial charge >= 0.3 is 0 Å². The molecule has 2 N–H and O–H groups in total. The number of nitrogens with one attached hydrogen (secondary N) is 1. The maximum absolute atomic E-state index is 12.9. The van der Waals surface area contributed by atoms with Gasteiger partial charge in [0.05, 0.1) is 5.56 Å². The molecule has 4 nitrogen and oxygen atoms in total. The van der Waals surface area contributed by atoms with Crippen molar-refractivity contribution in [2.24, 2.45) is 0 Å². The quantitative estimate of drug-likeness (QED) is 0.724. The molecule has 2 aromatic rings. The number of hydrogen-bond acceptors (Lipinski definition) is 4. The Labute approximate surface area is 149 Å². The lowest BCUT2D eigenvalue weighted by atomic mass is 9.96. The molecule has 25 heavy (non-hydrogen) atoms. The van der Waals surface area contributed by atoms with Crippen molar-refractivity contribution in [3.8, 4) is 5.75 Å². The average Bonchev–Trinajstić information content (AvgIpc) is 2.58. The Morgan fingerprint density at radius 3 is 2.48 bits per heavy atom. The Hall–Kier alpha value is -2.17. The van der Waals surface area contributed by atoms with Crippen LogP contribution in [-0.4, -0.2) is 36.2 Å². The summed E-state index contributed by atoms with van der Waals surface area (Å²) >= 11 is 0. The van der Waals surface area contributed by atoms with Gasteiger partial charge in [-0.05, 0) is 31.0 Å². The highest BCUT2D eigenvalue weighted by atomic mass is 16.5. The minimum Gasteiger partial charge on any atom is -0.490 e. The van der Waals surface area contributed by atoms with Gasteiger partial charge in [0.1, 0.15) is 18.5 Å². The van der Waals surface area contributed by atoms with Crippen LogP contribution >= 0.6 is 0 Å². The zero-order valence-corrected chi connectivity index (χ0v) is 15.4. The molecule has 0 radical (unpaired) electrons. The number of benzene rings is 2. The van der Waals surface area contributed by atoms with Gasteiger partial charge in [-0.3, -0.25) is 4.79 Å². The van der Waals surface area contributed by atoms with Crippen molar-refractivity contribution in [3.05, 3.63) is 64.7 Å². The number of aryl methyl sites for hydroxylation is 2. The normalized spacial score (nSPS) is 12.2. The number of aliphatic hydroxyl groups is 1. The van der Waals surface area contributed by atoms with Gasteiger partial charge in [0.25, 0.3) is 0 Å². The van der Waals surface area contributed by atoms with E-state index < -0.39 is 6.10 Å². The molecule has 1 unspecified atom stereocenters. The standard InChI is InChI=1S/C21H27NO3/c1-14(2)22-12-18(23)13-25-19-11-15(3)10-16(4)20(19)21(24)17-8-6-5-7-9-17/h5-11,14,18,22-23H,12-13H2,1-4H3. The molecule has 0 heterocycles. The summed E-state index contributed by atoms with van der Waals surface area (Å²) in [6, 6.07) is 13.3. The van der Waals surface area contributed by atoms with Crippen LogP contribution in [0.15, 0.2) is 42.5 Å². The highest BCUT2D eigenvalue weighted by Gasteiger charge is 2.19. The van der Waals surface area contributed by atoms with E-state index in [1.54, 1.807) is 12.1 Å². The Bertz CT molecular complexity index is 711. The van der Waals surface area contributed by atoms with E-state index in [1.165, 1.54) is 0 Å². The SMILES string of the molecule is Cc1cc(C)c(C(=O)c2ccccc2)c(OCC(O)CNC(C)C)c1. The summed E-state index contributed by atoms with van der Waals surface area (Å²) in [6.07, 6.45) is -0.636. The minimum absolute atomic E-state index is 0.0668. The van der Waals surface area contributed by atoms with E-state index in [9.17, 15) is 9.90 Å². The van der Waals surface area contributed by atoms with Gasteiger partial charge in [-0.15, -0.1) is 0 Å². The Balaban J connectivity index is 2.21.